The highest BCUT2D eigenvalue weighted by Crippen LogP contribution is 2.46. The molecule has 2 heteroatoms. The Kier molecular flexibility index (Phi) is 8.15. The first-order chi connectivity index (χ1) is 27.2. The Morgan fingerprint density at radius 1 is 0.455 bits per heavy atom. The minimum absolute atomic E-state index is 0.833. The molecule has 0 bridgehead atoms. The normalized spacial score (nSPS) is 11.8. The maximum absolute atomic E-state index is 5.16. The molecule has 0 saturated carbocycles. The first-order valence-electron chi connectivity index (χ1n) is 19.0. The van der Waals surface area contributed by atoms with Crippen molar-refractivity contribution in [3.63, 3.8) is 0 Å². The highest BCUT2D eigenvalue weighted by molar-refractivity contribution is 6.22. The first kappa shape index (κ1) is 32.6. The van der Waals surface area contributed by atoms with Crippen molar-refractivity contribution in [1.82, 2.24) is 9.55 Å². The topological polar surface area (TPSA) is 17.8 Å². The SMILES string of the molecule is C=C/C=C\CCn1c(-c2cccc(-c3ccc4c(-c5ccc6ccccc6c5)c5ccccc5c(-c5ccc6ccccc6c5)c4c3)c2)nc2ccccc21. The highest BCUT2D eigenvalue weighted by Gasteiger charge is 2.19. The molecule has 0 unspecified atom stereocenters. The molecule has 0 spiro atoms. The summed E-state index contributed by atoms with van der Waals surface area (Å²) < 4.78 is 2.35. The molecular weight excluding hydrogens is 665 g/mol. The van der Waals surface area contributed by atoms with E-state index in [1.54, 1.807) is 0 Å². The van der Waals surface area contributed by atoms with Crippen molar-refractivity contribution in [3.05, 3.63) is 201 Å². The van der Waals surface area contributed by atoms with E-state index in [0.717, 1.165) is 41.0 Å². The van der Waals surface area contributed by atoms with E-state index in [2.05, 4.69) is 193 Å². The number of para-hydroxylation sites is 2. The number of allylic oxidation sites excluding steroid dienone is 3. The second-order valence-corrected chi connectivity index (χ2v) is 14.3. The van der Waals surface area contributed by atoms with Gasteiger partial charge in [0.05, 0.1) is 11.0 Å². The van der Waals surface area contributed by atoms with E-state index in [0.29, 0.717) is 0 Å². The summed E-state index contributed by atoms with van der Waals surface area (Å²) >= 11 is 0. The molecule has 260 valence electrons. The molecule has 0 aliphatic carbocycles. The number of imidazole rings is 1. The molecule has 0 fully saturated rings. The van der Waals surface area contributed by atoms with Gasteiger partial charge in [-0.25, -0.2) is 4.98 Å². The predicted molar refractivity (Wildman–Crippen MR) is 235 cm³/mol. The van der Waals surface area contributed by atoms with Crippen LogP contribution in [0.3, 0.4) is 0 Å². The quantitative estimate of drug-likeness (QED) is 0.114. The average Bonchev–Trinajstić information content (AvgIpc) is 3.62. The molecule has 10 aromatic rings. The van der Waals surface area contributed by atoms with Crippen LogP contribution in [0.5, 0.6) is 0 Å². The predicted octanol–water partition coefficient (Wildman–Crippen LogP) is 14.4. The molecule has 0 aliphatic rings. The van der Waals surface area contributed by atoms with Crippen molar-refractivity contribution < 1.29 is 0 Å². The van der Waals surface area contributed by atoms with Crippen LogP contribution in [0.25, 0.3) is 98.9 Å². The molecule has 2 nitrogen and oxygen atoms in total. The van der Waals surface area contributed by atoms with Crippen molar-refractivity contribution in [2.45, 2.75) is 13.0 Å². The van der Waals surface area contributed by atoms with E-state index in [9.17, 15) is 0 Å². The molecule has 55 heavy (non-hydrogen) atoms. The summed E-state index contributed by atoms with van der Waals surface area (Å²) in [7, 11) is 0. The van der Waals surface area contributed by atoms with Crippen LogP contribution in [-0.2, 0) is 6.54 Å². The summed E-state index contributed by atoms with van der Waals surface area (Å²) in [4.78, 5) is 5.16. The summed E-state index contributed by atoms with van der Waals surface area (Å²) in [5, 5.41) is 9.95. The number of nitrogens with zero attached hydrogens (tertiary/aromatic N) is 2. The standard InChI is InChI=1S/C53H38N2/c1-2-3-4-13-31-55-50-24-12-11-23-49(50)54-53(55)44-20-14-19-40(34-44)41-29-30-47-48(35-41)52(43-28-26-37-16-6-8-18-39(37)33-43)46-22-10-9-21-45(46)51(47)42-27-25-36-15-5-7-17-38(36)32-42/h2-12,14-30,32-35H,1,13,31H2/b4-3-. The third-order valence-corrected chi connectivity index (χ3v) is 11.0. The zero-order chi connectivity index (χ0) is 36.7. The largest absolute Gasteiger partial charge is 0.324 e. The van der Waals surface area contributed by atoms with Crippen molar-refractivity contribution in [1.29, 1.82) is 0 Å². The maximum atomic E-state index is 5.16. The molecule has 10 rings (SSSR count). The number of aryl methyl sites for hydroxylation is 1. The Bertz CT molecular complexity index is 3120. The number of fused-ring (bicyclic) bond motifs is 5. The van der Waals surface area contributed by atoms with Gasteiger partial charge in [0.2, 0.25) is 0 Å². The van der Waals surface area contributed by atoms with Crippen LogP contribution in [-0.4, -0.2) is 9.55 Å². The van der Waals surface area contributed by atoms with E-state index in [1.165, 1.54) is 70.9 Å². The first-order valence-corrected chi connectivity index (χ1v) is 19.0. The van der Waals surface area contributed by atoms with Crippen LogP contribution < -0.4 is 0 Å². The molecular formula is C53H38N2. The third-order valence-electron chi connectivity index (χ3n) is 11.0. The van der Waals surface area contributed by atoms with Crippen LogP contribution in [0, 0.1) is 0 Å². The second-order valence-electron chi connectivity index (χ2n) is 14.3. The van der Waals surface area contributed by atoms with E-state index >= 15 is 0 Å². The van der Waals surface area contributed by atoms with Gasteiger partial charge in [-0.15, -0.1) is 0 Å². The zero-order valence-corrected chi connectivity index (χ0v) is 30.5. The summed E-state index contributed by atoms with van der Waals surface area (Å²) in [5.41, 5.74) is 10.6. The minimum atomic E-state index is 0.833. The molecule has 0 N–H and O–H groups in total. The van der Waals surface area contributed by atoms with Crippen LogP contribution >= 0.6 is 0 Å². The lowest BCUT2D eigenvalue weighted by atomic mass is 9.84. The fourth-order valence-electron chi connectivity index (χ4n) is 8.43. The molecule has 1 heterocycles. The smallest absolute Gasteiger partial charge is 0.141 e. The molecule has 1 aromatic heterocycles. The molecule has 0 radical (unpaired) electrons. The van der Waals surface area contributed by atoms with Crippen molar-refractivity contribution in [2.75, 3.05) is 0 Å². The lowest BCUT2D eigenvalue weighted by Crippen LogP contribution is -2.00. The lowest BCUT2D eigenvalue weighted by Gasteiger charge is -2.19. The summed E-state index contributed by atoms with van der Waals surface area (Å²) in [6, 6.07) is 64.4. The third kappa shape index (κ3) is 5.80. The average molecular weight is 703 g/mol. The van der Waals surface area contributed by atoms with E-state index < -0.39 is 0 Å². The van der Waals surface area contributed by atoms with Crippen LogP contribution in [0.4, 0.5) is 0 Å². The van der Waals surface area contributed by atoms with Gasteiger partial charge in [0.25, 0.3) is 0 Å². The number of hydrogen-bond donors (Lipinski definition) is 0. The molecule has 0 amide bonds. The van der Waals surface area contributed by atoms with Crippen molar-refractivity contribution in [2.24, 2.45) is 0 Å². The minimum Gasteiger partial charge on any atom is -0.324 e. The Labute approximate surface area is 321 Å². The summed E-state index contributed by atoms with van der Waals surface area (Å²) in [5.74, 6) is 0.984. The van der Waals surface area contributed by atoms with Gasteiger partial charge in [0, 0.05) is 12.1 Å². The van der Waals surface area contributed by atoms with Gasteiger partial charge in [-0.2, -0.15) is 0 Å². The number of rotatable bonds is 8. The summed E-state index contributed by atoms with van der Waals surface area (Å²) in [6.45, 7) is 4.68. The Hall–Kier alpha value is -7.03. The van der Waals surface area contributed by atoms with Gasteiger partial charge in [-0.3, -0.25) is 0 Å². The maximum Gasteiger partial charge on any atom is 0.141 e. The van der Waals surface area contributed by atoms with Crippen molar-refractivity contribution in [3.8, 4) is 44.8 Å². The van der Waals surface area contributed by atoms with Gasteiger partial charge in [-0.1, -0.05) is 164 Å². The van der Waals surface area contributed by atoms with Crippen LogP contribution in [0.1, 0.15) is 6.42 Å². The summed E-state index contributed by atoms with van der Waals surface area (Å²) in [6.07, 6.45) is 6.91. The second kappa shape index (κ2) is 13.7. The van der Waals surface area contributed by atoms with E-state index in [-0.39, 0.29) is 0 Å². The van der Waals surface area contributed by atoms with Gasteiger partial charge in [0.1, 0.15) is 5.82 Å². The number of hydrogen-bond acceptors (Lipinski definition) is 1. The molecule has 0 saturated heterocycles. The van der Waals surface area contributed by atoms with Crippen LogP contribution in [0.2, 0.25) is 0 Å². The Morgan fingerprint density at radius 2 is 1.02 bits per heavy atom. The van der Waals surface area contributed by atoms with Gasteiger partial charge in [-0.05, 0) is 119 Å². The number of benzene rings is 9. The number of aromatic nitrogens is 2. The lowest BCUT2D eigenvalue weighted by molar-refractivity contribution is 0.738. The fourth-order valence-corrected chi connectivity index (χ4v) is 8.43. The van der Waals surface area contributed by atoms with Gasteiger partial charge >= 0.3 is 0 Å². The zero-order valence-electron chi connectivity index (χ0n) is 30.5. The highest BCUT2D eigenvalue weighted by atomic mass is 15.1. The van der Waals surface area contributed by atoms with Gasteiger partial charge in [0.15, 0.2) is 0 Å². The fraction of sp³-hybridized carbons (Fsp3) is 0.0377. The van der Waals surface area contributed by atoms with Crippen molar-refractivity contribution >= 4 is 54.1 Å². The Morgan fingerprint density at radius 3 is 1.73 bits per heavy atom. The van der Waals surface area contributed by atoms with Gasteiger partial charge < -0.3 is 4.57 Å². The molecule has 9 aromatic carbocycles. The van der Waals surface area contributed by atoms with E-state index in [1.807, 2.05) is 12.2 Å². The molecule has 0 aliphatic heterocycles. The van der Waals surface area contributed by atoms with E-state index in [4.69, 9.17) is 4.98 Å². The Balaban J connectivity index is 1.20. The molecule has 0 atom stereocenters. The van der Waals surface area contributed by atoms with Crippen LogP contribution in [0.15, 0.2) is 201 Å². The monoisotopic (exact) mass is 702 g/mol.